The first-order chi connectivity index (χ1) is 13.3. The van der Waals surface area contributed by atoms with Crippen LogP contribution in [0.5, 0.6) is 0 Å². The normalized spacial score (nSPS) is 25.6. The summed E-state index contributed by atoms with van der Waals surface area (Å²) in [6.45, 7) is 5.63. The van der Waals surface area contributed by atoms with Gasteiger partial charge in [0, 0.05) is 19.2 Å². The van der Waals surface area contributed by atoms with Crippen molar-refractivity contribution in [2.24, 2.45) is 15.7 Å². The zero-order valence-electron chi connectivity index (χ0n) is 16.3. The van der Waals surface area contributed by atoms with Gasteiger partial charge < -0.3 is 20.6 Å². The lowest BCUT2D eigenvalue weighted by Gasteiger charge is -2.55. The number of thioether (sulfide) groups is 2. The molecule has 0 radical (unpaired) electrons. The van der Waals surface area contributed by atoms with Gasteiger partial charge in [0.25, 0.3) is 5.90 Å². The number of hydrogen-bond donors (Lipinski definition) is 4. The van der Waals surface area contributed by atoms with Crippen LogP contribution in [0, 0.1) is 5.41 Å². The number of nitrogens with one attached hydrogen (secondary N) is 2. The van der Waals surface area contributed by atoms with E-state index in [-0.39, 0.29) is 28.1 Å². The van der Waals surface area contributed by atoms with Gasteiger partial charge in [-0.05, 0) is 25.7 Å². The summed E-state index contributed by atoms with van der Waals surface area (Å²) >= 11 is 2.75. The van der Waals surface area contributed by atoms with Crippen LogP contribution in [0.4, 0.5) is 0 Å². The second kappa shape index (κ2) is 10.1. The molecule has 0 spiro atoms. The largest absolute Gasteiger partial charge is 0.384 e. The van der Waals surface area contributed by atoms with Crippen LogP contribution < -0.4 is 11.2 Å². The van der Waals surface area contributed by atoms with Gasteiger partial charge in [0.2, 0.25) is 0 Å². The number of amidine groups is 2. The second-order valence-electron chi connectivity index (χ2n) is 5.98. The van der Waals surface area contributed by atoms with E-state index in [0.717, 1.165) is 17.3 Å². The summed E-state index contributed by atoms with van der Waals surface area (Å²) in [6, 6.07) is -0.443. The summed E-state index contributed by atoms with van der Waals surface area (Å²) in [5.41, 5.74) is 10.1. The van der Waals surface area contributed by atoms with Gasteiger partial charge in [-0.3, -0.25) is 10.2 Å². The van der Waals surface area contributed by atoms with E-state index in [9.17, 15) is 9.90 Å². The summed E-state index contributed by atoms with van der Waals surface area (Å²) in [5, 5.41) is 18.1. The Balaban J connectivity index is 2.11. The predicted octanol–water partition coefficient (Wildman–Crippen LogP) is 1.08. The Morgan fingerprint density at radius 1 is 1.61 bits per heavy atom. The summed E-state index contributed by atoms with van der Waals surface area (Å²) in [7, 11) is 0. The molecule has 0 saturated carbocycles. The Morgan fingerprint density at radius 2 is 2.32 bits per heavy atom. The van der Waals surface area contributed by atoms with Crippen molar-refractivity contribution in [3.05, 3.63) is 23.4 Å². The third-order valence-corrected chi connectivity index (χ3v) is 5.91. The van der Waals surface area contributed by atoms with Gasteiger partial charge in [-0.25, -0.2) is 9.98 Å². The monoisotopic (exact) mass is 426 g/mol. The standard InChI is InChI=1S/C17H26N6O3S2/c1-5-7-10-8-28-16-11(15(25)23(16)12(10)9(3)24)22-26-14(20-6-2)13(18)21-17(19)27-4/h5,7,11,15-16,22,25H,6,8H2,1-4H3,(H3,18,19,21)/b7-5+,20-14?. The fraction of sp³-hybridized carbons (Fsp3) is 0.529. The number of rotatable bonds is 5. The molecule has 11 heteroatoms. The van der Waals surface area contributed by atoms with Crippen molar-refractivity contribution in [3.8, 4) is 0 Å². The van der Waals surface area contributed by atoms with Gasteiger partial charge in [0.1, 0.15) is 17.6 Å². The number of nitrogens with zero attached hydrogens (tertiary/aromatic N) is 3. The quantitative estimate of drug-likeness (QED) is 0.291. The maximum Gasteiger partial charge on any atom is 0.275 e. The number of fused-ring (bicyclic) bond motifs is 1. The van der Waals surface area contributed by atoms with Crippen LogP contribution in [-0.2, 0) is 9.63 Å². The molecule has 28 heavy (non-hydrogen) atoms. The molecule has 0 aliphatic carbocycles. The van der Waals surface area contributed by atoms with Gasteiger partial charge in [-0.15, -0.1) is 17.2 Å². The van der Waals surface area contributed by atoms with E-state index in [0.29, 0.717) is 18.0 Å². The summed E-state index contributed by atoms with van der Waals surface area (Å²) in [6.07, 6.45) is 4.57. The van der Waals surface area contributed by atoms with Crippen LogP contribution in [0.3, 0.4) is 0 Å². The van der Waals surface area contributed by atoms with Crippen molar-refractivity contribution < 1.29 is 14.7 Å². The van der Waals surface area contributed by atoms with Crippen molar-refractivity contribution >= 4 is 46.2 Å². The Labute approximate surface area is 173 Å². The maximum absolute atomic E-state index is 12.1. The van der Waals surface area contributed by atoms with Crippen LogP contribution in [0.1, 0.15) is 20.8 Å². The van der Waals surface area contributed by atoms with E-state index in [4.69, 9.17) is 16.0 Å². The van der Waals surface area contributed by atoms with Gasteiger partial charge in [-0.2, -0.15) is 0 Å². The number of hydroxylamine groups is 1. The van der Waals surface area contributed by atoms with E-state index in [1.165, 1.54) is 6.92 Å². The van der Waals surface area contributed by atoms with E-state index >= 15 is 0 Å². The molecule has 3 unspecified atom stereocenters. The van der Waals surface area contributed by atoms with Crippen molar-refractivity contribution in [1.82, 2.24) is 10.4 Å². The number of hydrogen-bond acceptors (Lipinski definition) is 9. The molecule has 1 fully saturated rings. The highest BCUT2D eigenvalue weighted by molar-refractivity contribution is 8.13. The Morgan fingerprint density at radius 3 is 2.89 bits per heavy atom. The van der Waals surface area contributed by atoms with E-state index in [1.807, 2.05) is 26.0 Å². The van der Waals surface area contributed by atoms with Crippen molar-refractivity contribution in [1.29, 1.82) is 5.41 Å². The van der Waals surface area contributed by atoms with Crippen LogP contribution >= 0.6 is 23.5 Å². The van der Waals surface area contributed by atoms with E-state index < -0.39 is 12.3 Å². The number of carbonyl (C=O) groups is 1. The molecule has 2 aliphatic heterocycles. The first-order valence-electron chi connectivity index (χ1n) is 8.74. The third kappa shape index (κ3) is 4.77. The first kappa shape index (κ1) is 22.5. The molecule has 9 nitrogen and oxygen atoms in total. The highest BCUT2D eigenvalue weighted by atomic mass is 32.2. The number of allylic oxidation sites excluding steroid dienone is 3. The highest BCUT2D eigenvalue weighted by Crippen LogP contribution is 2.43. The lowest BCUT2D eigenvalue weighted by Crippen LogP contribution is -2.72. The Bertz CT molecular complexity index is 749. The lowest BCUT2D eigenvalue weighted by molar-refractivity contribution is -0.140. The number of nitrogens with two attached hydrogens (primary N) is 1. The van der Waals surface area contributed by atoms with Gasteiger partial charge in [0.05, 0.1) is 5.70 Å². The van der Waals surface area contributed by atoms with Gasteiger partial charge in [-0.1, -0.05) is 23.9 Å². The average molecular weight is 427 g/mol. The molecule has 5 N–H and O–H groups in total. The zero-order chi connectivity index (χ0) is 20.8. The number of Topliss-reactive ketones (excluding diaryl/α,β-unsaturated/α-hetero) is 1. The van der Waals surface area contributed by atoms with Crippen molar-refractivity contribution in [2.75, 3.05) is 18.6 Å². The molecular formula is C17H26N6O3S2. The topological polar surface area (TPSA) is 136 Å². The SMILES string of the molecule is C/C=C/C1=C(C(C)=O)N2C(O)C(NOC(=NCC)C(N)=NC(=N)SC)C2SC1. The van der Waals surface area contributed by atoms with E-state index in [2.05, 4.69) is 15.5 Å². The maximum atomic E-state index is 12.1. The molecule has 2 rings (SSSR count). The Kier molecular flexibility index (Phi) is 8.10. The zero-order valence-corrected chi connectivity index (χ0v) is 17.9. The molecule has 3 atom stereocenters. The Hall–Kier alpha value is -1.82. The summed E-state index contributed by atoms with van der Waals surface area (Å²) in [5.74, 6) is 0.618. The lowest BCUT2D eigenvalue weighted by atomic mass is 10.0. The number of aliphatic hydroxyl groups is 1. The van der Waals surface area contributed by atoms with Gasteiger partial charge >= 0.3 is 0 Å². The average Bonchev–Trinajstić information content (AvgIpc) is 2.66. The number of carbonyl (C=O) groups excluding carboxylic acids is 1. The smallest absolute Gasteiger partial charge is 0.275 e. The molecular weight excluding hydrogens is 400 g/mol. The first-order valence-corrected chi connectivity index (χ1v) is 11.0. The van der Waals surface area contributed by atoms with E-state index in [1.54, 1.807) is 22.9 Å². The van der Waals surface area contributed by atoms with Crippen LogP contribution in [0.25, 0.3) is 0 Å². The fourth-order valence-electron chi connectivity index (χ4n) is 2.89. The molecule has 0 aromatic rings. The molecule has 154 valence electrons. The predicted molar refractivity (Wildman–Crippen MR) is 115 cm³/mol. The highest BCUT2D eigenvalue weighted by Gasteiger charge is 2.53. The number of ketones is 1. The molecule has 2 heterocycles. The molecule has 2 aliphatic rings. The molecule has 0 bridgehead atoms. The molecule has 0 aromatic heterocycles. The molecule has 0 aromatic carbocycles. The van der Waals surface area contributed by atoms with Gasteiger partial charge in [0.15, 0.2) is 16.8 Å². The third-order valence-electron chi connectivity index (χ3n) is 4.09. The number of aliphatic hydroxyl groups excluding tert-OH is 1. The summed E-state index contributed by atoms with van der Waals surface area (Å²) < 4.78 is 0. The minimum Gasteiger partial charge on any atom is -0.384 e. The fourth-order valence-corrected chi connectivity index (χ4v) is 4.45. The summed E-state index contributed by atoms with van der Waals surface area (Å²) in [4.78, 5) is 27.4. The van der Waals surface area contributed by atoms with Crippen LogP contribution in [-0.4, -0.2) is 68.9 Å². The van der Waals surface area contributed by atoms with Crippen LogP contribution in [0.15, 0.2) is 33.4 Å². The van der Waals surface area contributed by atoms with Crippen molar-refractivity contribution in [2.45, 2.75) is 38.4 Å². The molecule has 0 amide bonds. The van der Waals surface area contributed by atoms with Crippen molar-refractivity contribution in [3.63, 3.8) is 0 Å². The van der Waals surface area contributed by atoms with Crippen LogP contribution in [0.2, 0.25) is 0 Å². The molecule has 1 saturated heterocycles. The minimum absolute atomic E-state index is 0.0182. The minimum atomic E-state index is -0.928. The second-order valence-corrected chi connectivity index (χ2v) is 7.88. The number of aliphatic imine (C=N–C) groups is 2.